The number of aromatic nitrogens is 3. The van der Waals surface area contributed by atoms with E-state index in [1.54, 1.807) is 36.4 Å². The summed E-state index contributed by atoms with van der Waals surface area (Å²) >= 11 is 6.48. The van der Waals surface area contributed by atoms with Crippen LogP contribution in [-0.4, -0.2) is 29.4 Å². The molecule has 0 N–H and O–H groups in total. The van der Waals surface area contributed by atoms with Crippen LogP contribution in [0.4, 0.5) is 4.39 Å². The fraction of sp³-hybridized carbons (Fsp3) is 0.0800. The summed E-state index contributed by atoms with van der Waals surface area (Å²) in [5.74, 6) is 0.408. The molecule has 0 radical (unpaired) electrons. The third-order valence-corrected chi connectivity index (χ3v) is 5.34. The number of halogens is 2. The molecule has 0 saturated heterocycles. The minimum absolute atomic E-state index is 0.0732. The van der Waals surface area contributed by atoms with Crippen molar-refractivity contribution in [3.8, 4) is 57.3 Å². The largest absolute Gasteiger partial charge is 0.497 e. The molecule has 0 fully saturated rings. The smallest absolute Gasteiger partial charge is 0.173 e. The molecule has 0 amide bonds. The number of hydrogen-bond acceptors (Lipinski definition) is 7. The van der Waals surface area contributed by atoms with E-state index >= 15 is 0 Å². The number of ether oxygens (including phenoxy) is 2. The summed E-state index contributed by atoms with van der Waals surface area (Å²) in [5.41, 5.74) is 1.81. The predicted molar refractivity (Wildman–Crippen MR) is 124 cm³/mol. The molecule has 166 valence electrons. The molecule has 4 aromatic rings. The van der Waals surface area contributed by atoms with E-state index in [-0.39, 0.29) is 38.8 Å². The van der Waals surface area contributed by atoms with Crippen molar-refractivity contribution in [1.82, 2.24) is 15.2 Å². The molecule has 0 aliphatic heterocycles. The van der Waals surface area contributed by atoms with E-state index in [9.17, 15) is 14.9 Å². The molecule has 0 saturated carbocycles. The Bertz CT molecular complexity index is 1470. The second kappa shape index (κ2) is 9.53. The number of hydrogen-bond donors (Lipinski definition) is 0. The van der Waals surface area contributed by atoms with Crippen molar-refractivity contribution >= 4 is 11.6 Å². The molecular weight excluding hydrogens is 457 g/mol. The van der Waals surface area contributed by atoms with Crippen molar-refractivity contribution in [1.29, 1.82) is 10.5 Å². The van der Waals surface area contributed by atoms with E-state index in [4.69, 9.17) is 21.1 Å². The highest BCUT2D eigenvalue weighted by Gasteiger charge is 2.25. The van der Waals surface area contributed by atoms with Gasteiger partial charge in [-0.05, 0) is 35.9 Å². The van der Waals surface area contributed by atoms with E-state index in [0.29, 0.717) is 22.6 Å². The zero-order chi connectivity index (χ0) is 24.2. The van der Waals surface area contributed by atoms with E-state index in [1.807, 2.05) is 12.1 Å². The van der Waals surface area contributed by atoms with Gasteiger partial charge in [0.25, 0.3) is 0 Å². The summed E-state index contributed by atoms with van der Waals surface area (Å²) < 4.78 is 25.7. The highest BCUT2D eigenvalue weighted by Crippen LogP contribution is 2.43. The van der Waals surface area contributed by atoms with Crippen LogP contribution in [-0.2, 0) is 0 Å². The first-order valence-electron chi connectivity index (χ1n) is 9.85. The Labute approximate surface area is 199 Å². The van der Waals surface area contributed by atoms with E-state index in [1.165, 1.54) is 32.5 Å². The fourth-order valence-electron chi connectivity index (χ4n) is 3.50. The van der Waals surface area contributed by atoms with Gasteiger partial charge in [-0.25, -0.2) is 4.39 Å². The van der Waals surface area contributed by atoms with Gasteiger partial charge in [0.2, 0.25) is 0 Å². The number of nitriles is 2. The Hall–Kier alpha value is -4.53. The average molecular weight is 472 g/mol. The van der Waals surface area contributed by atoms with Crippen LogP contribution in [0.25, 0.3) is 33.6 Å². The number of rotatable bonds is 5. The molecule has 4 rings (SSSR count). The molecule has 0 unspecified atom stereocenters. The van der Waals surface area contributed by atoms with E-state index in [2.05, 4.69) is 15.2 Å². The van der Waals surface area contributed by atoms with Crippen molar-refractivity contribution in [3.05, 3.63) is 76.8 Å². The lowest BCUT2D eigenvalue weighted by atomic mass is 9.91. The Morgan fingerprint density at radius 1 is 0.882 bits per heavy atom. The number of nitrogens with zero attached hydrogens (tertiary/aromatic N) is 5. The lowest BCUT2D eigenvalue weighted by molar-refractivity contribution is 0.394. The van der Waals surface area contributed by atoms with Crippen LogP contribution in [0.5, 0.6) is 11.5 Å². The zero-order valence-electron chi connectivity index (χ0n) is 18.0. The van der Waals surface area contributed by atoms with Gasteiger partial charge in [0.05, 0.1) is 36.1 Å². The molecule has 0 spiro atoms. The van der Waals surface area contributed by atoms with Crippen LogP contribution in [0.2, 0.25) is 5.02 Å². The molecule has 0 atom stereocenters. The molecule has 2 aromatic carbocycles. The normalized spacial score (nSPS) is 10.3. The van der Waals surface area contributed by atoms with E-state index < -0.39 is 5.82 Å². The summed E-state index contributed by atoms with van der Waals surface area (Å²) in [6.45, 7) is 0. The van der Waals surface area contributed by atoms with Crippen molar-refractivity contribution in [3.63, 3.8) is 0 Å². The maximum absolute atomic E-state index is 14.9. The summed E-state index contributed by atoms with van der Waals surface area (Å²) in [6.07, 6.45) is 1.33. The zero-order valence-corrected chi connectivity index (χ0v) is 18.8. The van der Waals surface area contributed by atoms with Crippen molar-refractivity contribution in [2.24, 2.45) is 0 Å². The molecule has 9 heteroatoms. The lowest BCUT2D eigenvalue weighted by Crippen LogP contribution is -2.04. The van der Waals surface area contributed by atoms with Crippen molar-refractivity contribution in [2.45, 2.75) is 0 Å². The molecule has 2 heterocycles. The minimum Gasteiger partial charge on any atom is -0.497 e. The van der Waals surface area contributed by atoms with Gasteiger partial charge in [0, 0.05) is 23.4 Å². The van der Waals surface area contributed by atoms with Gasteiger partial charge >= 0.3 is 0 Å². The Kier molecular flexibility index (Phi) is 6.35. The van der Waals surface area contributed by atoms with Crippen LogP contribution in [0, 0.1) is 28.5 Å². The standard InChI is InChI=1S/C25H15ClFN5O2/c1-33-16-8-15(9-17(10-16)34-2)22-23(25-19(26)7-14(11-28)13-30-25)21(12-29)31-32-24(22)18-5-3-4-6-20(18)27/h3-10,13H,1-2H3. The van der Waals surface area contributed by atoms with Gasteiger partial charge < -0.3 is 9.47 Å². The van der Waals surface area contributed by atoms with E-state index in [0.717, 1.165) is 0 Å². The second-order valence-electron chi connectivity index (χ2n) is 7.01. The monoisotopic (exact) mass is 471 g/mol. The molecule has 7 nitrogen and oxygen atoms in total. The fourth-order valence-corrected chi connectivity index (χ4v) is 3.76. The SMILES string of the molecule is COc1cc(OC)cc(-c2c(-c3ccccc3F)nnc(C#N)c2-c2ncc(C#N)cc2Cl)c1. The maximum Gasteiger partial charge on any atom is 0.173 e. The minimum atomic E-state index is -0.526. The molecule has 34 heavy (non-hydrogen) atoms. The van der Waals surface area contributed by atoms with Crippen LogP contribution >= 0.6 is 11.6 Å². The van der Waals surface area contributed by atoms with Gasteiger partial charge in [0.15, 0.2) is 5.69 Å². The van der Waals surface area contributed by atoms with Crippen molar-refractivity contribution in [2.75, 3.05) is 14.2 Å². The number of benzene rings is 2. The highest BCUT2D eigenvalue weighted by molar-refractivity contribution is 6.33. The van der Waals surface area contributed by atoms with Gasteiger partial charge in [-0.1, -0.05) is 23.7 Å². The first-order valence-corrected chi connectivity index (χ1v) is 10.2. The summed E-state index contributed by atoms with van der Waals surface area (Å²) in [7, 11) is 3.00. The quantitative estimate of drug-likeness (QED) is 0.382. The Morgan fingerprint density at radius 2 is 1.59 bits per heavy atom. The van der Waals surface area contributed by atoms with Crippen LogP contribution in [0.1, 0.15) is 11.3 Å². The second-order valence-corrected chi connectivity index (χ2v) is 7.41. The summed E-state index contributed by atoms with van der Waals surface area (Å²) in [6, 6.07) is 16.6. The predicted octanol–water partition coefficient (Wildman–Crippen LogP) is 5.43. The lowest BCUT2D eigenvalue weighted by Gasteiger charge is -2.17. The average Bonchev–Trinajstić information content (AvgIpc) is 2.87. The highest BCUT2D eigenvalue weighted by atomic mass is 35.5. The van der Waals surface area contributed by atoms with Gasteiger partial charge in [-0.15, -0.1) is 10.2 Å². The molecular formula is C25H15ClFN5O2. The first kappa shape index (κ1) is 22.7. The topological polar surface area (TPSA) is 105 Å². The van der Waals surface area contributed by atoms with Crippen LogP contribution in [0.15, 0.2) is 54.7 Å². The van der Waals surface area contributed by atoms with Crippen molar-refractivity contribution < 1.29 is 13.9 Å². The number of pyridine rings is 1. The Balaban J connectivity index is 2.18. The molecule has 2 aromatic heterocycles. The molecule has 0 aliphatic carbocycles. The first-order chi connectivity index (χ1) is 16.5. The van der Waals surface area contributed by atoms with Gasteiger partial charge in [-0.3, -0.25) is 4.98 Å². The summed E-state index contributed by atoms with van der Waals surface area (Å²) in [4.78, 5) is 4.33. The Morgan fingerprint density at radius 3 is 2.18 bits per heavy atom. The third kappa shape index (κ3) is 4.11. The molecule has 0 aliphatic rings. The number of methoxy groups -OCH3 is 2. The molecule has 0 bridgehead atoms. The van der Waals surface area contributed by atoms with Gasteiger partial charge in [-0.2, -0.15) is 10.5 Å². The summed E-state index contributed by atoms with van der Waals surface area (Å²) in [5, 5.41) is 27.4. The third-order valence-electron chi connectivity index (χ3n) is 5.06. The van der Waals surface area contributed by atoms with Gasteiger partial charge in [0.1, 0.15) is 35.1 Å². The van der Waals surface area contributed by atoms with Crippen LogP contribution in [0.3, 0.4) is 0 Å². The van der Waals surface area contributed by atoms with Crippen LogP contribution < -0.4 is 9.47 Å². The maximum atomic E-state index is 14.9.